The molecule has 1 nitrogen and oxygen atoms in total. The smallest absolute Gasteiger partial charge is 0.0646 e. The van der Waals surface area contributed by atoms with Crippen LogP contribution in [0.3, 0.4) is 0 Å². The predicted molar refractivity (Wildman–Crippen MR) is 34.3 cm³/mol. The summed E-state index contributed by atoms with van der Waals surface area (Å²) >= 11 is 0. The van der Waals surface area contributed by atoms with Gasteiger partial charge in [0.05, 0.1) is 6.10 Å². The monoisotopic (exact) mass is 112 g/mol. The predicted octanol–water partition coefficient (Wildman–Crippen LogP) is 1.03. The molecule has 0 unspecified atom stereocenters. The SMILES string of the molecule is CC#C[C@H](C)[C@@H](C)O. The Morgan fingerprint density at radius 3 is 2.00 bits per heavy atom. The van der Waals surface area contributed by atoms with Crippen molar-refractivity contribution in [2.24, 2.45) is 5.92 Å². The number of rotatable bonds is 1. The van der Waals surface area contributed by atoms with Gasteiger partial charge in [0, 0.05) is 5.92 Å². The summed E-state index contributed by atoms with van der Waals surface area (Å²) in [5.41, 5.74) is 0. The largest absolute Gasteiger partial charge is 0.392 e. The topological polar surface area (TPSA) is 20.2 Å². The second kappa shape index (κ2) is 3.51. The molecule has 0 rings (SSSR count). The van der Waals surface area contributed by atoms with Crippen molar-refractivity contribution in [3.05, 3.63) is 0 Å². The highest BCUT2D eigenvalue weighted by Crippen LogP contribution is 1.97. The van der Waals surface area contributed by atoms with Gasteiger partial charge in [0.25, 0.3) is 0 Å². The molecule has 0 aromatic carbocycles. The maximum absolute atomic E-state index is 8.85. The molecule has 0 spiro atoms. The van der Waals surface area contributed by atoms with E-state index in [0.717, 1.165) is 0 Å². The van der Waals surface area contributed by atoms with Crippen LogP contribution in [0.4, 0.5) is 0 Å². The van der Waals surface area contributed by atoms with Crippen LogP contribution in [0.15, 0.2) is 0 Å². The highest BCUT2D eigenvalue weighted by atomic mass is 16.3. The summed E-state index contributed by atoms with van der Waals surface area (Å²) in [6.07, 6.45) is -0.303. The number of aliphatic hydroxyl groups excluding tert-OH is 1. The molecule has 0 saturated heterocycles. The highest BCUT2D eigenvalue weighted by Gasteiger charge is 2.01. The summed E-state index contributed by atoms with van der Waals surface area (Å²) in [4.78, 5) is 0. The van der Waals surface area contributed by atoms with Crippen LogP contribution in [0.25, 0.3) is 0 Å². The maximum atomic E-state index is 8.85. The zero-order valence-corrected chi connectivity index (χ0v) is 5.60. The van der Waals surface area contributed by atoms with Gasteiger partial charge in [-0.2, -0.15) is 0 Å². The fraction of sp³-hybridized carbons (Fsp3) is 0.714. The molecular weight excluding hydrogens is 100 g/mol. The number of hydrogen-bond donors (Lipinski definition) is 1. The van der Waals surface area contributed by atoms with Crippen molar-refractivity contribution >= 4 is 0 Å². The molecule has 0 aliphatic heterocycles. The highest BCUT2D eigenvalue weighted by molar-refractivity contribution is 5.00. The minimum Gasteiger partial charge on any atom is -0.392 e. The lowest BCUT2D eigenvalue weighted by Crippen LogP contribution is -2.10. The van der Waals surface area contributed by atoms with Crippen LogP contribution in [0.5, 0.6) is 0 Å². The van der Waals surface area contributed by atoms with Crippen LogP contribution in [0, 0.1) is 17.8 Å². The van der Waals surface area contributed by atoms with Gasteiger partial charge in [0.1, 0.15) is 0 Å². The van der Waals surface area contributed by atoms with Gasteiger partial charge in [0.15, 0.2) is 0 Å². The third-order valence-corrected chi connectivity index (χ3v) is 1.10. The van der Waals surface area contributed by atoms with Crippen LogP contribution in [0.1, 0.15) is 20.8 Å². The molecule has 0 radical (unpaired) electrons. The fourth-order valence-electron chi connectivity index (χ4n) is 0.348. The molecule has 0 aromatic heterocycles. The normalized spacial score (nSPS) is 16.0. The summed E-state index contributed by atoms with van der Waals surface area (Å²) in [6, 6.07) is 0. The molecule has 8 heavy (non-hydrogen) atoms. The van der Waals surface area contributed by atoms with Crippen molar-refractivity contribution in [1.29, 1.82) is 0 Å². The molecule has 46 valence electrons. The Hall–Kier alpha value is -0.480. The van der Waals surface area contributed by atoms with Crippen LogP contribution in [-0.2, 0) is 0 Å². The Bertz CT molecular complexity index is 105. The summed E-state index contributed by atoms with van der Waals surface area (Å²) < 4.78 is 0. The van der Waals surface area contributed by atoms with Crippen LogP contribution in [0.2, 0.25) is 0 Å². The second-order valence-corrected chi connectivity index (χ2v) is 1.92. The average molecular weight is 112 g/mol. The average Bonchev–Trinajstić information content (AvgIpc) is 1.67. The van der Waals surface area contributed by atoms with Crippen molar-refractivity contribution in [2.45, 2.75) is 26.9 Å². The molecule has 0 aliphatic carbocycles. The van der Waals surface area contributed by atoms with Gasteiger partial charge >= 0.3 is 0 Å². The van der Waals surface area contributed by atoms with E-state index in [0.29, 0.717) is 0 Å². The number of hydrogen-bond acceptors (Lipinski definition) is 1. The molecule has 0 bridgehead atoms. The third kappa shape index (κ3) is 2.65. The number of aliphatic hydroxyl groups is 1. The zero-order valence-electron chi connectivity index (χ0n) is 5.60. The van der Waals surface area contributed by atoms with E-state index < -0.39 is 0 Å². The van der Waals surface area contributed by atoms with Crippen molar-refractivity contribution in [3.8, 4) is 11.8 Å². The van der Waals surface area contributed by atoms with E-state index in [1.165, 1.54) is 0 Å². The van der Waals surface area contributed by atoms with Crippen molar-refractivity contribution < 1.29 is 5.11 Å². The van der Waals surface area contributed by atoms with E-state index in [1.54, 1.807) is 13.8 Å². The van der Waals surface area contributed by atoms with E-state index >= 15 is 0 Å². The van der Waals surface area contributed by atoms with Gasteiger partial charge < -0.3 is 5.11 Å². The van der Waals surface area contributed by atoms with E-state index in [4.69, 9.17) is 5.11 Å². The maximum Gasteiger partial charge on any atom is 0.0646 e. The Morgan fingerprint density at radius 2 is 1.88 bits per heavy atom. The summed E-state index contributed by atoms with van der Waals surface area (Å²) in [5, 5.41) is 8.85. The van der Waals surface area contributed by atoms with Crippen LogP contribution < -0.4 is 0 Å². The third-order valence-electron chi connectivity index (χ3n) is 1.10. The van der Waals surface area contributed by atoms with E-state index in [2.05, 4.69) is 11.8 Å². The first-order valence-corrected chi connectivity index (χ1v) is 2.78. The lowest BCUT2D eigenvalue weighted by Gasteiger charge is -2.04. The van der Waals surface area contributed by atoms with Gasteiger partial charge in [-0.05, 0) is 20.8 Å². The summed E-state index contributed by atoms with van der Waals surface area (Å²) in [5.74, 6) is 5.69. The minimum absolute atomic E-state index is 0.111. The van der Waals surface area contributed by atoms with Gasteiger partial charge in [-0.25, -0.2) is 0 Å². The first-order chi connectivity index (χ1) is 3.68. The Morgan fingerprint density at radius 1 is 1.38 bits per heavy atom. The lowest BCUT2D eigenvalue weighted by atomic mass is 10.1. The summed E-state index contributed by atoms with van der Waals surface area (Å²) in [7, 11) is 0. The molecule has 0 fully saturated rings. The van der Waals surface area contributed by atoms with Gasteiger partial charge in [0.2, 0.25) is 0 Å². The fourth-order valence-corrected chi connectivity index (χ4v) is 0.348. The zero-order chi connectivity index (χ0) is 6.57. The molecule has 0 saturated carbocycles. The molecule has 0 heterocycles. The van der Waals surface area contributed by atoms with Crippen LogP contribution in [-0.4, -0.2) is 11.2 Å². The van der Waals surface area contributed by atoms with Gasteiger partial charge in [-0.3, -0.25) is 0 Å². The van der Waals surface area contributed by atoms with E-state index in [9.17, 15) is 0 Å². The molecule has 0 amide bonds. The molecule has 1 heteroatoms. The standard InChI is InChI=1S/C7H12O/c1-4-5-6(2)7(3)8/h6-8H,1-3H3/t6-,7+/m0/s1. The molecule has 2 atom stereocenters. The Balaban J connectivity index is 3.58. The van der Waals surface area contributed by atoms with Crippen LogP contribution >= 0.6 is 0 Å². The molecular formula is C7H12O. The van der Waals surface area contributed by atoms with Gasteiger partial charge in [-0.1, -0.05) is 5.92 Å². The van der Waals surface area contributed by atoms with E-state index in [-0.39, 0.29) is 12.0 Å². The first-order valence-electron chi connectivity index (χ1n) is 2.78. The van der Waals surface area contributed by atoms with Crippen molar-refractivity contribution in [1.82, 2.24) is 0 Å². The molecule has 1 N–H and O–H groups in total. The van der Waals surface area contributed by atoms with Crippen molar-refractivity contribution in [3.63, 3.8) is 0 Å². The molecule has 0 aliphatic rings. The minimum atomic E-state index is -0.303. The first kappa shape index (κ1) is 7.52. The lowest BCUT2D eigenvalue weighted by molar-refractivity contribution is 0.161. The quantitative estimate of drug-likeness (QED) is 0.502. The summed E-state index contributed by atoms with van der Waals surface area (Å²) in [6.45, 7) is 5.43. The Kier molecular flexibility index (Phi) is 3.30. The van der Waals surface area contributed by atoms with E-state index in [1.807, 2.05) is 6.92 Å². The van der Waals surface area contributed by atoms with Crippen molar-refractivity contribution in [2.75, 3.05) is 0 Å². The molecule has 0 aromatic rings. The Labute approximate surface area is 50.7 Å². The van der Waals surface area contributed by atoms with Gasteiger partial charge in [-0.15, -0.1) is 5.92 Å². The second-order valence-electron chi connectivity index (χ2n) is 1.92.